The molecule has 0 spiro atoms. The zero-order valence-corrected chi connectivity index (χ0v) is 10.6. The Hall–Kier alpha value is -1.71. The number of hydrogen-bond donors (Lipinski definition) is 0. The molecule has 0 atom stereocenters. The lowest BCUT2D eigenvalue weighted by molar-refractivity contribution is -0.143. The van der Waals surface area contributed by atoms with Crippen molar-refractivity contribution in [2.24, 2.45) is 0 Å². The quantitative estimate of drug-likeness (QED) is 0.710. The SMILES string of the molecule is CCOC(=O)CCOc1cccc(N(C)C)c1. The summed E-state index contributed by atoms with van der Waals surface area (Å²) >= 11 is 0. The molecule has 0 amide bonds. The highest BCUT2D eigenvalue weighted by molar-refractivity contribution is 5.69. The van der Waals surface area contributed by atoms with Crippen molar-refractivity contribution in [3.8, 4) is 5.75 Å². The van der Waals surface area contributed by atoms with Crippen LogP contribution in [0.25, 0.3) is 0 Å². The van der Waals surface area contributed by atoms with Crippen LogP contribution >= 0.6 is 0 Å². The van der Waals surface area contributed by atoms with Crippen LogP contribution in [0.15, 0.2) is 24.3 Å². The molecule has 1 rings (SSSR count). The maximum Gasteiger partial charge on any atom is 0.309 e. The number of rotatable bonds is 6. The molecule has 1 aromatic carbocycles. The molecule has 94 valence electrons. The van der Waals surface area contributed by atoms with Crippen molar-refractivity contribution in [2.75, 3.05) is 32.2 Å². The molecule has 0 aliphatic rings. The molecule has 0 saturated heterocycles. The molecule has 4 heteroatoms. The molecule has 0 saturated carbocycles. The third-order valence-electron chi connectivity index (χ3n) is 2.21. The molecule has 17 heavy (non-hydrogen) atoms. The minimum Gasteiger partial charge on any atom is -0.493 e. The van der Waals surface area contributed by atoms with E-state index in [9.17, 15) is 4.79 Å². The first-order valence-electron chi connectivity index (χ1n) is 5.69. The molecule has 0 aliphatic heterocycles. The fourth-order valence-electron chi connectivity index (χ4n) is 1.34. The average Bonchev–Trinajstić information content (AvgIpc) is 2.30. The highest BCUT2D eigenvalue weighted by Crippen LogP contribution is 2.19. The highest BCUT2D eigenvalue weighted by Gasteiger charge is 2.03. The number of hydrogen-bond acceptors (Lipinski definition) is 4. The van der Waals surface area contributed by atoms with Gasteiger partial charge in [0, 0.05) is 25.8 Å². The monoisotopic (exact) mass is 237 g/mol. The second kappa shape index (κ2) is 6.78. The van der Waals surface area contributed by atoms with Gasteiger partial charge in [0.2, 0.25) is 0 Å². The molecule has 0 fully saturated rings. The Morgan fingerprint density at radius 1 is 1.35 bits per heavy atom. The van der Waals surface area contributed by atoms with Gasteiger partial charge in [-0.15, -0.1) is 0 Å². The van der Waals surface area contributed by atoms with Gasteiger partial charge in [0.1, 0.15) is 5.75 Å². The predicted octanol–water partition coefficient (Wildman–Crippen LogP) is 2.08. The summed E-state index contributed by atoms with van der Waals surface area (Å²) in [5, 5.41) is 0. The van der Waals surface area contributed by atoms with Crippen LogP contribution in [0.4, 0.5) is 5.69 Å². The molecule has 0 unspecified atom stereocenters. The van der Waals surface area contributed by atoms with Crippen LogP contribution in [0.1, 0.15) is 13.3 Å². The van der Waals surface area contributed by atoms with E-state index >= 15 is 0 Å². The van der Waals surface area contributed by atoms with Gasteiger partial charge in [0.15, 0.2) is 0 Å². The number of nitrogens with zero attached hydrogens (tertiary/aromatic N) is 1. The fourth-order valence-corrected chi connectivity index (χ4v) is 1.34. The third-order valence-corrected chi connectivity index (χ3v) is 2.21. The van der Waals surface area contributed by atoms with Gasteiger partial charge in [-0.25, -0.2) is 0 Å². The Morgan fingerprint density at radius 3 is 2.76 bits per heavy atom. The van der Waals surface area contributed by atoms with Crippen LogP contribution in [0.5, 0.6) is 5.75 Å². The van der Waals surface area contributed by atoms with Crippen LogP contribution in [0.2, 0.25) is 0 Å². The van der Waals surface area contributed by atoms with Crippen molar-refractivity contribution in [1.82, 2.24) is 0 Å². The molecular weight excluding hydrogens is 218 g/mol. The van der Waals surface area contributed by atoms with Gasteiger partial charge in [0.25, 0.3) is 0 Å². The number of carbonyl (C=O) groups excluding carboxylic acids is 1. The first-order chi connectivity index (χ1) is 8.13. The number of esters is 1. The minimum absolute atomic E-state index is 0.226. The normalized spacial score (nSPS) is 9.82. The molecule has 0 radical (unpaired) electrons. The Balaban J connectivity index is 2.41. The van der Waals surface area contributed by atoms with Crippen molar-refractivity contribution >= 4 is 11.7 Å². The second-order valence-corrected chi connectivity index (χ2v) is 3.80. The van der Waals surface area contributed by atoms with Gasteiger partial charge in [-0.3, -0.25) is 4.79 Å². The average molecular weight is 237 g/mol. The summed E-state index contributed by atoms with van der Waals surface area (Å²) in [6.07, 6.45) is 0.278. The summed E-state index contributed by atoms with van der Waals surface area (Å²) in [5.74, 6) is 0.539. The van der Waals surface area contributed by atoms with E-state index in [1.54, 1.807) is 6.92 Å². The Bertz CT molecular complexity index is 363. The predicted molar refractivity (Wildman–Crippen MR) is 67.5 cm³/mol. The van der Waals surface area contributed by atoms with E-state index in [4.69, 9.17) is 9.47 Å². The third kappa shape index (κ3) is 4.76. The molecular formula is C13H19NO3. The van der Waals surface area contributed by atoms with E-state index < -0.39 is 0 Å². The number of carbonyl (C=O) groups is 1. The Kier molecular flexibility index (Phi) is 5.33. The van der Waals surface area contributed by atoms with Gasteiger partial charge in [-0.1, -0.05) is 6.07 Å². The van der Waals surface area contributed by atoms with E-state index in [0.29, 0.717) is 13.2 Å². The molecule has 0 heterocycles. The van der Waals surface area contributed by atoms with Crippen LogP contribution in [0.3, 0.4) is 0 Å². The standard InChI is InChI=1S/C13H19NO3/c1-4-16-13(15)8-9-17-12-7-5-6-11(10-12)14(2)3/h5-7,10H,4,8-9H2,1-3H3. The van der Waals surface area contributed by atoms with Gasteiger partial charge >= 0.3 is 5.97 Å². The lowest BCUT2D eigenvalue weighted by Crippen LogP contribution is -2.10. The lowest BCUT2D eigenvalue weighted by atomic mass is 10.3. The summed E-state index contributed by atoms with van der Waals surface area (Å²) in [4.78, 5) is 13.1. The van der Waals surface area contributed by atoms with Gasteiger partial charge < -0.3 is 14.4 Å². The molecule has 4 nitrogen and oxygen atoms in total. The maximum atomic E-state index is 11.1. The summed E-state index contributed by atoms with van der Waals surface area (Å²) in [5.41, 5.74) is 1.07. The van der Waals surface area contributed by atoms with E-state index in [0.717, 1.165) is 11.4 Å². The van der Waals surface area contributed by atoms with Crippen molar-refractivity contribution in [2.45, 2.75) is 13.3 Å². The topological polar surface area (TPSA) is 38.8 Å². The van der Waals surface area contributed by atoms with E-state index in [1.807, 2.05) is 43.3 Å². The Labute approximate surface area is 102 Å². The van der Waals surface area contributed by atoms with Crippen molar-refractivity contribution in [1.29, 1.82) is 0 Å². The van der Waals surface area contributed by atoms with Crippen LogP contribution < -0.4 is 9.64 Å². The zero-order valence-electron chi connectivity index (χ0n) is 10.6. The Morgan fingerprint density at radius 2 is 2.12 bits per heavy atom. The number of benzene rings is 1. The van der Waals surface area contributed by atoms with Gasteiger partial charge in [0.05, 0.1) is 19.6 Å². The zero-order chi connectivity index (χ0) is 12.7. The highest BCUT2D eigenvalue weighted by atomic mass is 16.5. The minimum atomic E-state index is -0.226. The summed E-state index contributed by atoms with van der Waals surface area (Å²) < 4.78 is 10.3. The number of ether oxygens (including phenoxy) is 2. The summed E-state index contributed by atoms with van der Waals surface area (Å²) in [6, 6.07) is 7.73. The molecule has 0 bridgehead atoms. The smallest absolute Gasteiger partial charge is 0.309 e. The van der Waals surface area contributed by atoms with Crippen LogP contribution in [0, 0.1) is 0 Å². The molecule has 1 aromatic rings. The van der Waals surface area contributed by atoms with E-state index in [-0.39, 0.29) is 12.4 Å². The van der Waals surface area contributed by atoms with Crippen LogP contribution in [-0.2, 0) is 9.53 Å². The van der Waals surface area contributed by atoms with Crippen molar-refractivity contribution < 1.29 is 14.3 Å². The van der Waals surface area contributed by atoms with E-state index in [2.05, 4.69) is 0 Å². The van der Waals surface area contributed by atoms with Gasteiger partial charge in [-0.05, 0) is 19.1 Å². The van der Waals surface area contributed by atoms with E-state index in [1.165, 1.54) is 0 Å². The van der Waals surface area contributed by atoms with Crippen LogP contribution in [-0.4, -0.2) is 33.3 Å². The molecule has 0 N–H and O–H groups in total. The summed E-state index contributed by atoms with van der Waals surface area (Å²) in [6.45, 7) is 2.55. The first-order valence-corrected chi connectivity index (χ1v) is 5.69. The largest absolute Gasteiger partial charge is 0.493 e. The number of anilines is 1. The fraction of sp³-hybridized carbons (Fsp3) is 0.462. The maximum absolute atomic E-state index is 11.1. The van der Waals surface area contributed by atoms with Crippen molar-refractivity contribution in [3.63, 3.8) is 0 Å². The van der Waals surface area contributed by atoms with Crippen molar-refractivity contribution in [3.05, 3.63) is 24.3 Å². The molecule has 0 aromatic heterocycles. The second-order valence-electron chi connectivity index (χ2n) is 3.80. The lowest BCUT2D eigenvalue weighted by Gasteiger charge is -2.13. The van der Waals surface area contributed by atoms with Gasteiger partial charge in [-0.2, -0.15) is 0 Å². The molecule has 0 aliphatic carbocycles. The first kappa shape index (κ1) is 13.4. The summed E-state index contributed by atoms with van der Waals surface area (Å²) in [7, 11) is 3.94.